The maximum Gasteiger partial charge on any atom is 0.221 e. The van der Waals surface area contributed by atoms with Crippen LogP contribution >= 0.6 is 0 Å². The second-order valence-corrected chi connectivity index (χ2v) is 6.84. The summed E-state index contributed by atoms with van der Waals surface area (Å²) in [5, 5.41) is 14.1. The summed E-state index contributed by atoms with van der Waals surface area (Å²) in [6.07, 6.45) is 9.38. The van der Waals surface area contributed by atoms with Gasteiger partial charge in [-0.1, -0.05) is 25.7 Å². The van der Waals surface area contributed by atoms with E-state index in [1.54, 1.807) is 4.68 Å². The molecule has 1 aromatic rings. The Kier molecular flexibility index (Phi) is 6.14. The highest BCUT2D eigenvalue weighted by atomic mass is 16.5. The minimum atomic E-state index is 0.0716. The zero-order valence-electron chi connectivity index (χ0n) is 14.3. The molecular weight excluding hydrogens is 308 g/mol. The number of aromatic nitrogens is 4. The lowest BCUT2D eigenvalue weighted by Crippen LogP contribution is -2.58. The molecule has 0 bridgehead atoms. The number of morpholine rings is 1. The van der Waals surface area contributed by atoms with Crippen LogP contribution in [-0.2, 0) is 16.1 Å². The zero-order chi connectivity index (χ0) is 16.7. The van der Waals surface area contributed by atoms with Gasteiger partial charge in [-0.25, -0.2) is 4.68 Å². The summed E-state index contributed by atoms with van der Waals surface area (Å²) in [5.41, 5.74) is 0.102. The van der Waals surface area contributed by atoms with E-state index >= 15 is 0 Å². The van der Waals surface area contributed by atoms with Gasteiger partial charge in [0.1, 0.15) is 6.33 Å². The quantitative estimate of drug-likeness (QED) is 0.766. The van der Waals surface area contributed by atoms with Crippen LogP contribution in [0.3, 0.4) is 0 Å². The van der Waals surface area contributed by atoms with Crippen molar-refractivity contribution in [2.45, 2.75) is 57.0 Å². The average Bonchev–Trinajstić information content (AvgIpc) is 3.03. The van der Waals surface area contributed by atoms with Crippen molar-refractivity contribution in [1.82, 2.24) is 30.4 Å². The molecule has 1 aliphatic heterocycles. The van der Waals surface area contributed by atoms with Crippen LogP contribution in [0.4, 0.5) is 0 Å². The Morgan fingerprint density at radius 1 is 1.17 bits per heavy atom. The summed E-state index contributed by atoms with van der Waals surface area (Å²) in [4.78, 5) is 14.8. The van der Waals surface area contributed by atoms with E-state index in [-0.39, 0.29) is 11.4 Å². The number of nitrogens with zero attached hydrogens (tertiary/aromatic N) is 5. The molecule has 1 saturated heterocycles. The summed E-state index contributed by atoms with van der Waals surface area (Å²) in [5.74, 6) is 0.0716. The maximum absolute atomic E-state index is 12.3. The number of carbonyl (C=O) groups is 1. The maximum atomic E-state index is 12.3. The number of rotatable bonds is 6. The van der Waals surface area contributed by atoms with E-state index in [1.807, 2.05) is 0 Å². The van der Waals surface area contributed by atoms with Gasteiger partial charge in [-0.2, -0.15) is 0 Å². The molecule has 1 amide bonds. The lowest BCUT2D eigenvalue weighted by molar-refractivity contribution is -0.122. The van der Waals surface area contributed by atoms with Gasteiger partial charge in [0.25, 0.3) is 0 Å². The van der Waals surface area contributed by atoms with Gasteiger partial charge >= 0.3 is 0 Å². The SMILES string of the molecule is O=C(CCn1cnnn1)NCC1(N2CCOCC2)CCCCCC1. The van der Waals surface area contributed by atoms with Crippen molar-refractivity contribution in [1.29, 1.82) is 0 Å². The first-order valence-electron chi connectivity index (χ1n) is 9.09. The first-order chi connectivity index (χ1) is 11.8. The molecule has 3 rings (SSSR count). The Hall–Kier alpha value is -1.54. The van der Waals surface area contributed by atoms with E-state index < -0.39 is 0 Å². The van der Waals surface area contributed by atoms with Gasteiger partial charge in [0.05, 0.1) is 19.8 Å². The van der Waals surface area contributed by atoms with Gasteiger partial charge in [0, 0.05) is 31.6 Å². The fourth-order valence-electron chi connectivity index (χ4n) is 3.88. The van der Waals surface area contributed by atoms with Gasteiger partial charge < -0.3 is 10.1 Å². The molecule has 24 heavy (non-hydrogen) atoms. The largest absolute Gasteiger partial charge is 0.379 e. The van der Waals surface area contributed by atoms with Crippen molar-refractivity contribution in [2.24, 2.45) is 0 Å². The van der Waals surface area contributed by atoms with Crippen molar-refractivity contribution in [3.8, 4) is 0 Å². The van der Waals surface area contributed by atoms with E-state index in [9.17, 15) is 4.79 Å². The minimum Gasteiger partial charge on any atom is -0.379 e. The molecule has 8 heteroatoms. The Morgan fingerprint density at radius 3 is 2.58 bits per heavy atom. The number of hydrogen-bond donors (Lipinski definition) is 1. The molecule has 0 aromatic carbocycles. The number of amides is 1. The monoisotopic (exact) mass is 336 g/mol. The Labute approximate surface area is 142 Å². The summed E-state index contributed by atoms with van der Waals surface area (Å²) in [7, 11) is 0. The highest BCUT2D eigenvalue weighted by Gasteiger charge is 2.37. The fourth-order valence-corrected chi connectivity index (χ4v) is 3.88. The lowest BCUT2D eigenvalue weighted by atomic mass is 9.87. The second kappa shape index (κ2) is 8.53. The Balaban J connectivity index is 1.55. The van der Waals surface area contributed by atoms with Crippen LogP contribution in [0, 0.1) is 0 Å². The third-order valence-electron chi connectivity index (χ3n) is 5.29. The molecule has 2 fully saturated rings. The summed E-state index contributed by atoms with van der Waals surface area (Å²) < 4.78 is 7.11. The van der Waals surface area contributed by atoms with E-state index in [2.05, 4.69) is 25.7 Å². The summed E-state index contributed by atoms with van der Waals surface area (Å²) in [6.45, 7) is 4.80. The molecule has 134 valence electrons. The van der Waals surface area contributed by atoms with Crippen LogP contribution in [0.5, 0.6) is 0 Å². The van der Waals surface area contributed by atoms with Gasteiger partial charge in [0.15, 0.2) is 0 Å². The number of tetrazole rings is 1. The molecule has 0 radical (unpaired) electrons. The molecule has 1 saturated carbocycles. The van der Waals surface area contributed by atoms with Gasteiger partial charge in [0.2, 0.25) is 5.91 Å². The molecule has 8 nitrogen and oxygen atoms in total. The molecule has 2 heterocycles. The normalized spacial score (nSPS) is 22.0. The molecule has 1 aliphatic carbocycles. The standard InChI is InChI=1S/C16H28N6O2/c23-15(5-8-22-14-18-19-20-22)17-13-16(6-3-1-2-4-7-16)21-9-11-24-12-10-21/h14H,1-13H2,(H,17,23). The van der Waals surface area contributed by atoms with Gasteiger partial charge in [-0.05, 0) is 23.3 Å². The number of aryl methyl sites for hydroxylation is 1. The fraction of sp³-hybridized carbons (Fsp3) is 0.875. The average molecular weight is 336 g/mol. The lowest BCUT2D eigenvalue weighted by Gasteiger charge is -2.45. The van der Waals surface area contributed by atoms with Crippen LogP contribution in [0.2, 0.25) is 0 Å². The molecular formula is C16H28N6O2. The molecule has 1 N–H and O–H groups in total. The van der Waals surface area contributed by atoms with Crippen molar-refractivity contribution in [3.63, 3.8) is 0 Å². The van der Waals surface area contributed by atoms with Gasteiger partial charge in [-0.3, -0.25) is 9.69 Å². The molecule has 0 spiro atoms. The Morgan fingerprint density at radius 2 is 1.92 bits per heavy atom. The van der Waals surface area contributed by atoms with Crippen molar-refractivity contribution >= 4 is 5.91 Å². The van der Waals surface area contributed by atoms with Gasteiger partial charge in [-0.15, -0.1) is 5.10 Å². The van der Waals surface area contributed by atoms with E-state index in [4.69, 9.17) is 4.74 Å². The van der Waals surface area contributed by atoms with E-state index in [0.29, 0.717) is 13.0 Å². The van der Waals surface area contributed by atoms with Crippen molar-refractivity contribution < 1.29 is 9.53 Å². The van der Waals surface area contributed by atoms with Crippen LogP contribution in [0.25, 0.3) is 0 Å². The number of ether oxygens (including phenoxy) is 1. The second-order valence-electron chi connectivity index (χ2n) is 6.84. The summed E-state index contributed by atoms with van der Waals surface area (Å²) in [6, 6.07) is 0. The highest BCUT2D eigenvalue weighted by Crippen LogP contribution is 2.32. The molecule has 0 unspecified atom stereocenters. The van der Waals surface area contributed by atoms with Crippen LogP contribution in [0.1, 0.15) is 44.9 Å². The van der Waals surface area contributed by atoms with Crippen molar-refractivity contribution in [2.75, 3.05) is 32.8 Å². The highest BCUT2D eigenvalue weighted by molar-refractivity contribution is 5.75. The topological polar surface area (TPSA) is 85.2 Å². The van der Waals surface area contributed by atoms with Crippen LogP contribution < -0.4 is 5.32 Å². The van der Waals surface area contributed by atoms with Crippen molar-refractivity contribution in [3.05, 3.63) is 6.33 Å². The number of carbonyl (C=O) groups excluding carboxylic acids is 1. The number of nitrogens with one attached hydrogen (secondary N) is 1. The minimum absolute atomic E-state index is 0.0716. The van der Waals surface area contributed by atoms with E-state index in [1.165, 1.54) is 44.9 Å². The zero-order valence-corrected chi connectivity index (χ0v) is 14.3. The number of hydrogen-bond acceptors (Lipinski definition) is 6. The summed E-state index contributed by atoms with van der Waals surface area (Å²) >= 11 is 0. The van der Waals surface area contributed by atoms with Crippen LogP contribution in [0.15, 0.2) is 6.33 Å². The molecule has 1 aromatic heterocycles. The molecule has 2 aliphatic rings. The Bertz CT molecular complexity index is 493. The van der Waals surface area contributed by atoms with Crippen LogP contribution in [-0.4, -0.2) is 69.4 Å². The van der Waals surface area contributed by atoms with E-state index in [0.717, 1.165) is 32.8 Å². The molecule has 0 atom stereocenters. The first kappa shape index (κ1) is 17.3. The third kappa shape index (κ3) is 4.51. The third-order valence-corrected chi connectivity index (χ3v) is 5.29. The smallest absolute Gasteiger partial charge is 0.221 e. The predicted octanol–water partition coefficient (Wildman–Crippen LogP) is 0.605. The first-order valence-corrected chi connectivity index (χ1v) is 9.09. The predicted molar refractivity (Wildman–Crippen MR) is 88.3 cm³/mol.